The van der Waals surface area contributed by atoms with Crippen molar-refractivity contribution < 1.29 is 13.9 Å². The number of amides is 1. The van der Waals surface area contributed by atoms with Crippen LogP contribution in [0.25, 0.3) is 22.2 Å². The fraction of sp³-hybridized carbons (Fsp3) is 0.100. The van der Waals surface area contributed by atoms with E-state index in [9.17, 15) is 9.59 Å². The number of aromatic nitrogens is 2. The summed E-state index contributed by atoms with van der Waals surface area (Å²) < 4.78 is 10.9. The van der Waals surface area contributed by atoms with Crippen LogP contribution in [-0.2, 0) is 4.79 Å². The normalized spacial score (nSPS) is 10.8. The number of hydrogen-bond donors (Lipinski definition) is 1. The average molecular weight is 393 g/mol. The van der Waals surface area contributed by atoms with Crippen molar-refractivity contribution >= 4 is 33.9 Å². The van der Waals surface area contributed by atoms with Gasteiger partial charge in [0.1, 0.15) is 11.3 Å². The fourth-order valence-corrected chi connectivity index (χ4v) is 3.24. The van der Waals surface area contributed by atoms with Crippen LogP contribution >= 0.6 is 11.3 Å². The highest BCUT2D eigenvalue weighted by atomic mass is 32.1. The largest absolute Gasteiger partial charge is 0.484 e. The van der Waals surface area contributed by atoms with Crippen LogP contribution in [0.2, 0.25) is 0 Å². The van der Waals surface area contributed by atoms with Crippen LogP contribution in [-0.4, -0.2) is 22.5 Å². The van der Waals surface area contributed by atoms with Gasteiger partial charge in [-0.05, 0) is 37.3 Å². The Labute approximate surface area is 163 Å². The third-order valence-electron chi connectivity index (χ3n) is 3.92. The molecule has 3 heterocycles. The molecule has 1 aromatic carbocycles. The minimum atomic E-state index is -0.468. The van der Waals surface area contributed by atoms with Crippen molar-refractivity contribution in [3.8, 4) is 17.0 Å². The molecule has 1 N–H and O–H groups in total. The summed E-state index contributed by atoms with van der Waals surface area (Å²) in [5.74, 6) is 0.109. The fourth-order valence-electron chi connectivity index (χ4n) is 2.63. The van der Waals surface area contributed by atoms with Gasteiger partial charge in [-0.15, -0.1) is 11.3 Å². The van der Waals surface area contributed by atoms with E-state index < -0.39 is 5.63 Å². The summed E-state index contributed by atoms with van der Waals surface area (Å²) in [7, 11) is 0. The Morgan fingerprint density at radius 3 is 2.93 bits per heavy atom. The lowest BCUT2D eigenvalue weighted by Crippen LogP contribution is -2.20. The zero-order valence-corrected chi connectivity index (χ0v) is 15.7. The van der Waals surface area contributed by atoms with E-state index in [0.717, 1.165) is 10.4 Å². The summed E-state index contributed by atoms with van der Waals surface area (Å²) in [5.41, 5.74) is 1.52. The number of thiazole rings is 1. The molecule has 0 saturated carbocycles. The van der Waals surface area contributed by atoms with Crippen LogP contribution in [0.3, 0.4) is 0 Å². The lowest BCUT2D eigenvalue weighted by atomic mass is 10.1. The molecule has 0 saturated heterocycles. The quantitative estimate of drug-likeness (QED) is 0.520. The first kappa shape index (κ1) is 17.9. The number of nitrogens with zero attached hydrogens (tertiary/aromatic N) is 2. The molecular formula is C20H15N3O4S. The third kappa shape index (κ3) is 3.91. The Kier molecular flexibility index (Phi) is 4.86. The van der Waals surface area contributed by atoms with Gasteiger partial charge in [-0.1, -0.05) is 0 Å². The zero-order chi connectivity index (χ0) is 19.5. The van der Waals surface area contributed by atoms with Gasteiger partial charge in [0.2, 0.25) is 0 Å². The van der Waals surface area contributed by atoms with E-state index in [1.165, 1.54) is 11.3 Å². The van der Waals surface area contributed by atoms with Crippen molar-refractivity contribution in [3.63, 3.8) is 0 Å². The maximum atomic E-state index is 12.3. The predicted octanol–water partition coefficient (Wildman–Crippen LogP) is 3.64. The molecule has 0 atom stereocenters. The number of nitrogens with one attached hydrogen (secondary N) is 1. The van der Waals surface area contributed by atoms with Crippen molar-refractivity contribution in [1.82, 2.24) is 9.97 Å². The lowest BCUT2D eigenvalue weighted by Gasteiger charge is -2.08. The Morgan fingerprint density at radius 2 is 2.18 bits per heavy atom. The second-order valence-corrected chi connectivity index (χ2v) is 7.04. The molecular weight excluding hydrogens is 378 g/mol. The van der Waals surface area contributed by atoms with E-state index in [2.05, 4.69) is 15.3 Å². The lowest BCUT2D eigenvalue weighted by molar-refractivity contribution is -0.118. The summed E-state index contributed by atoms with van der Waals surface area (Å²) in [5, 5.41) is 6.13. The van der Waals surface area contributed by atoms with Crippen molar-refractivity contribution in [2.24, 2.45) is 0 Å². The second-order valence-electron chi connectivity index (χ2n) is 5.98. The van der Waals surface area contributed by atoms with Gasteiger partial charge in [0.05, 0.1) is 28.1 Å². The Morgan fingerprint density at radius 1 is 1.29 bits per heavy atom. The van der Waals surface area contributed by atoms with Crippen molar-refractivity contribution in [3.05, 3.63) is 69.6 Å². The SMILES string of the molecule is Cc1nc(-c2cc3ccc(OCC(=O)Nc4cccnc4)cc3oc2=O)cs1. The highest BCUT2D eigenvalue weighted by Crippen LogP contribution is 2.25. The topological polar surface area (TPSA) is 94.3 Å². The van der Waals surface area contributed by atoms with Gasteiger partial charge in [-0.2, -0.15) is 0 Å². The third-order valence-corrected chi connectivity index (χ3v) is 4.69. The van der Waals surface area contributed by atoms with Gasteiger partial charge in [-0.25, -0.2) is 9.78 Å². The van der Waals surface area contributed by atoms with Gasteiger partial charge in [-0.3, -0.25) is 9.78 Å². The van der Waals surface area contributed by atoms with Crippen LogP contribution < -0.4 is 15.7 Å². The molecule has 0 spiro atoms. The monoisotopic (exact) mass is 393 g/mol. The molecule has 0 aliphatic heterocycles. The standard InChI is InChI=1S/C20H15N3O4S/c1-12-22-17(11-28-12)16-7-13-4-5-15(8-18(13)27-20(16)25)26-10-19(24)23-14-3-2-6-21-9-14/h2-9,11H,10H2,1H3,(H,23,24). The number of aryl methyl sites for hydroxylation is 1. The molecule has 0 aliphatic carbocycles. The molecule has 0 bridgehead atoms. The number of fused-ring (bicyclic) bond motifs is 1. The van der Waals surface area contributed by atoms with Crippen molar-refractivity contribution in [2.45, 2.75) is 6.92 Å². The molecule has 3 aromatic heterocycles. The highest BCUT2D eigenvalue weighted by molar-refractivity contribution is 7.09. The number of anilines is 1. The highest BCUT2D eigenvalue weighted by Gasteiger charge is 2.12. The van der Waals surface area contributed by atoms with Crippen molar-refractivity contribution in [2.75, 3.05) is 11.9 Å². The first-order valence-electron chi connectivity index (χ1n) is 8.41. The molecule has 4 aromatic rings. The van der Waals surface area contributed by atoms with E-state index >= 15 is 0 Å². The van der Waals surface area contributed by atoms with E-state index in [0.29, 0.717) is 28.3 Å². The maximum absolute atomic E-state index is 12.3. The van der Waals surface area contributed by atoms with Gasteiger partial charge < -0.3 is 14.5 Å². The summed E-state index contributed by atoms with van der Waals surface area (Å²) in [6.45, 7) is 1.70. The minimum absolute atomic E-state index is 0.180. The summed E-state index contributed by atoms with van der Waals surface area (Å²) in [4.78, 5) is 32.5. The summed E-state index contributed by atoms with van der Waals surface area (Å²) in [6.07, 6.45) is 3.17. The van der Waals surface area contributed by atoms with Crippen LogP contribution in [0.4, 0.5) is 5.69 Å². The van der Waals surface area contributed by atoms with Crippen LogP contribution in [0.15, 0.2) is 63.4 Å². The second kappa shape index (κ2) is 7.61. The van der Waals surface area contributed by atoms with Gasteiger partial charge in [0, 0.05) is 23.0 Å². The number of carbonyl (C=O) groups excluding carboxylic acids is 1. The smallest absolute Gasteiger partial charge is 0.345 e. The van der Waals surface area contributed by atoms with Crippen LogP contribution in [0, 0.1) is 6.92 Å². The molecule has 0 fully saturated rings. The first-order chi connectivity index (χ1) is 13.6. The van der Waals surface area contributed by atoms with Gasteiger partial charge in [0.25, 0.3) is 5.91 Å². The zero-order valence-electron chi connectivity index (χ0n) is 14.8. The van der Waals surface area contributed by atoms with Gasteiger partial charge in [0.15, 0.2) is 6.61 Å². The first-order valence-corrected chi connectivity index (χ1v) is 9.29. The van der Waals surface area contributed by atoms with E-state index in [4.69, 9.17) is 9.15 Å². The summed E-state index contributed by atoms with van der Waals surface area (Å²) in [6, 6.07) is 10.3. The molecule has 7 nitrogen and oxygen atoms in total. The number of hydrogen-bond acceptors (Lipinski definition) is 7. The van der Waals surface area contributed by atoms with Crippen LogP contribution in [0.5, 0.6) is 5.75 Å². The Bertz CT molecular complexity index is 1200. The molecule has 28 heavy (non-hydrogen) atoms. The molecule has 8 heteroatoms. The number of carbonyl (C=O) groups is 1. The summed E-state index contributed by atoms with van der Waals surface area (Å²) >= 11 is 1.47. The van der Waals surface area contributed by atoms with E-state index in [1.54, 1.807) is 48.8 Å². The minimum Gasteiger partial charge on any atom is -0.484 e. The molecule has 140 valence electrons. The Hall–Kier alpha value is -3.52. The van der Waals surface area contributed by atoms with Gasteiger partial charge >= 0.3 is 5.63 Å². The Balaban J connectivity index is 1.50. The predicted molar refractivity (Wildman–Crippen MR) is 107 cm³/mol. The van der Waals surface area contributed by atoms with E-state index in [1.807, 2.05) is 12.3 Å². The van der Waals surface area contributed by atoms with E-state index in [-0.39, 0.29) is 12.5 Å². The molecule has 0 aliphatic rings. The number of ether oxygens (including phenoxy) is 1. The van der Waals surface area contributed by atoms with Crippen molar-refractivity contribution in [1.29, 1.82) is 0 Å². The maximum Gasteiger partial charge on any atom is 0.345 e. The molecule has 1 amide bonds. The number of rotatable bonds is 5. The number of benzene rings is 1. The molecule has 4 rings (SSSR count). The average Bonchev–Trinajstić information content (AvgIpc) is 3.12. The molecule has 0 unspecified atom stereocenters. The number of pyridine rings is 1. The van der Waals surface area contributed by atoms with Crippen LogP contribution in [0.1, 0.15) is 5.01 Å². The molecule has 0 radical (unpaired) electrons.